The van der Waals surface area contributed by atoms with Gasteiger partial charge in [-0.25, -0.2) is 9.97 Å². The monoisotopic (exact) mass is 208 g/mol. The number of aryl methyl sites for hydroxylation is 1. The van der Waals surface area contributed by atoms with Crippen molar-refractivity contribution in [1.29, 1.82) is 0 Å². The zero-order chi connectivity index (χ0) is 9.97. The number of aromatic nitrogens is 3. The number of thiazole rings is 1. The maximum Gasteiger partial charge on any atom is 0.107 e. The van der Waals surface area contributed by atoms with Gasteiger partial charge in [-0.05, 0) is 6.92 Å². The van der Waals surface area contributed by atoms with Crippen molar-refractivity contribution in [3.05, 3.63) is 34.3 Å². The summed E-state index contributed by atoms with van der Waals surface area (Å²) in [6, 6.07) is 0. The number of nitrogens with two attached hydrogens (primary N) is 1. The van der Waals surface area contributed by atoms with E-state index >= 15 is 0 Å². The molecule has 4 nitrogen and oxygen atoms in total. The molecule has 0 aromatic carbocycles. The van der Waals surface area contributed by atoms with Crippen LogP contribution >= 0.6 is 11.3 Å². The molecule has 2 aromatic heterocycles. The molecule has 0 unspecified atom stereocenters. The van der Waals surface area contributed by atoms with E-state index < -0.39 is 0 Å². The number of hydrogen-bond acceptors (Lipinski definition) is 4. The van der Waals surface area contributed by atoms with E-state index in [-0.39, 0.29) is 0 Å². The zero-order valence-corrected chi connectivity index (χ0v) is 8.79. The molecule has 0 aliphatic rings. The van der Waals surface area contributed by atoms with E-state index in [4.69, 9.17) is 5.73 Å². The molecule has 0 bridgehead atoms. The fourth-order valence-electron chi connectivity index (χ4n) is 1.26. The van der Waals surface area contributed by atoms with Crippen LogP contribution in [0.15, 0.2) is 17.8 Å². The molecule has 0 spiro atoms. The van der Waals surface area contributed by atoms with Gasteiger partial charge in [0.2, 0.25) is 0 Å². The number of imidazole rings is 1. The molecule has 0 atom stereocenters. The topological polar surface area (TPSA) is 56.7 Å². The molecular formula is C9H12N4S. The van der Waals surface area contributed by atoms with Crippen molar-refractivity contribution >= 4 is 11.3 Å². The average Bonchev–Trinajstić information content (AvgIpc) is 2.77. The van der Waals surface area contributed by atoms with Crippen LogP contribution < -0.4 is 5.73 Å². The van der Waals surface area contributed by atoms with Gasteiger partial charge in [0.25, 0.3) is 0 Å². The quantitative estimate of drug-likeness (QED) is 0.823. The van der Waals surface area contributed by atoms with E-state index in [9.17, 15) is 0 Å². The van der Waals surface area contributed by atoms with E-state index in [2.05, 4.69) is 14.5 Å². The van der Waals surface area contributed by atoms with Crippen LogP contribution in [-0.4, -0.2) is 14.5 Å². The zero-order valence-electron chi connectivity index (χ0n) is 7.97. The van der Waals surface area contributed by atoms with Crippen molar-refractivity contribution in [3.8, 4) is 0 Å². The third-order valence-electron chi connectivity index (χ3n) is 2.03. The first-order chi connectivity index (χ1) is 6.79. The van der Waals surface area contributed by atoms with Gasteiger partial charge in [0.1, 0.15) is 10.8 Å². The highest BCUT2D eigenvalue weighted by Crippen LogP contribution is 2.10. The van der Waals surface area contributed by atoms with E-state index in [0.717, 1.165) is 23.1 Å². The van der Waals surface area contributed by atoms with E-state index in [1.165, 1.54) is 0 Å². The van der Waals surface area contributed by atoms with E-state index in [0.29, 0.717) is 6.54 Å². The first-order valence-corrected chi connectivity index (χ1v) is 5.28. The second-order valence-corrected chi connectivity index (χ2v) is 3.98. The normalized spacial score (nSPS) is 10.7. The van der Waals surface area contributed by atoms with Crippen LogP contribution in [-0.2, 0) is 13.1 Å². The van der Waals surface area contributed by atoms with Crippen molar-refractivity contribution < 1.29 is 0 Å². The summed E-state index contributed by atoms with van der Waals surface area (Å²) in [5.41, 5.74) is 6.55. The molecule has 0 aliphatic heterocycles. The summed E-state index contributed by atoms with van der Waals surface area (Å²) in [4.78, 5) is 8.54. The molecule has 0 saturated carbocycles. The lowest BCUT2D eigenvalue weighted by atomic mass is 10.4. The second kappa shape index (κ2) is 3.89. The number of rotatable bonds is 3. The lowest BCUT2D eigenvalue weighted by molar-refractivity contribution is 0.743. The van der Waals surface area contributed by atoms with E-state index in [1.807, 2.05) is 18.5 Å². The van der Waals surface area contributed by atoms with Crippen LogP contribution in [0.25, 0.3) is 0 Å². The first-order valence-electron chi connectivity index (χ1n) is 4.40. The molecule has 2 heterocycles. The molecule has 0 fully saturated rings. The maximum absolute atomic E-state index is 5.50. The van der Waals surface area contributed by atoms with Crippen LogP contribution in [0.2, 0.25) is 0 Å². The lowest BCUT2D eigenvalue weighted by Gasteiger charge is -2.00. The molecule has 14 heavy (non-hydrogen) atoms. The van der Waals surface area contributed by atoms with Crippen molar-refractivity contribution in [1.82, 2.24) is 14.5 Å². The van der Waals surface area contributed by atoms with Crippen molar-refractivity contribution in [3.63, 3.8) is 0 Å². The van der Waals surface area contributed by atoms with Gasteiger partial charge in [0.15, 0.2) is 0 Å². The standard InChI is InChI=1S/C9H12N4S/c1-7-11-2-3-13(7)5-8-6-14-9(4-10)12-8/h2-3,6H,4-5,10H2,1H3. The van der Waals surface area contributed by atoms with Gasteiger partial charge >= 0.3 is 0 Å². The highest BCUT2D eigenvalue weighted by molar-refractivity contribution is 7.09. The van der Waals surface area contributed by atoms with Gasteiger partial charge < -0.3 is 10.3 Å². The molecular weight excluding hydrogens is 196 g/mol. The van der Waals surface area contributed by atoms with Gasteiger partial charge in [-0.15, -0.1) is 11.3 Å². The summed E-state index contributed by atoms with van der Waals surface area (Å²) in [6.45, 7) is 3.28. The summed E-state index contributed by atoms with van der Waals surface area (Å²) in [6.07, 6.45) is 3.75. The van der Waals surface area contributed by atoms with Crippen molar-refractivity contribution in [2.45, 2.75) is 20.0 Å². The summed E-state index contributed by atoms with van der Waals surface area (Å²) < 4.78 is 2.06. The van der Waals surface area contributed by atoms with Crippen molar-refractivity contribution in [2.24, 2.45) is 5.73 Å². The summed E-state index contributed by atoms with van der Waals surface area (Å²) in [5, 5.41) is 3.03. The molecule has 2 N–H and O–H groups in total. The van der Waals surface area contributed by atoms with Crippen LogP contribution in [0.1, 0.15) is 16.5 Å². The second-order valence-electron chi connectivity index (χ2n) is 3.04. The first kappa shape index (κ1) is 9.36. The van der Waals surface area contributed by atoms with Gasteiger partial charge in [0, 0.05) is 24.3 Å². The Morgan fingerprint density at radius 1 is 1.57 bits per heavy atom. The largest absolute Gasteiger partial charge is 0.329 e. The van der Waals surface area contributed by atoms with Crippen LogP contribution in [0.3, 0.4) is 0 Å². The Morgan fingerprint density at radius 2 is 2.43 bits per heavy atom. The van der Waals surface area contributed by atoms with Gasteiger partial charge in [-0.2, -0.15) is 0 Å². The van der Waals surface area contributed by atoms with Gasteiger partial charge in [-0.3, -0.25) is 0 Å². The Morgan fingerprint density at radius 3 is 3.00 bits per heavy atom. The molecule has 0 aliphatic carbocycles. The minimum atomic E-state index is 0.521. The molecule has 74 valence electrons. The van der Waals surface area contributed by atoms with Crippen molar-refractivity contribution in [2.75, 3.05) is 0 Å². The molecule has 0 radical (unpaired) electrons. The minimum Gasteiger partial charge on any atom is -0.329 e. The fraction of sp³-hybridized carbons (Fsp3) is 0.333. The average molecular weight is 208 g/mol. The number of nitrogens with zero attached hydrogens (tertiary/aromatic N) is 3. The lowest BCUT2D eigenvalue weighted by Crippen LogP contribution is -2.02. The highest BCUT2D eigenvalue weighted by atomic mass is 32.1. The predicted molar refractivity (Wildman–Crippen MR) is 56.1 cm³/mol. The third-order valence-corrected chi connectivity index (χ3v) is 2.95. The summed E-state index contributed by atoms with van der Waals surface area (Å²) in [7, 11) is 0. The highest BCUT2D eigenvalue weighted by Gasteiger charge is 2.02. The van der Waals surface area contributed by atoms with Gasteiger partial charge in [-0.1, -0.05) is 0 Å². The van der Waals surface area contributed by atoms with Crippen LogP contribution in [0, 0.1) is 6.92 Å². The molecule has 0 saturated heterocycles. The Hall–Kier alpha value is -1.20. The molecule has 2 aromatic rings. The van der Waals surface area contributed by atoms with E-state index in [1.54, 1.807) is 17.5 Å². The van der Waals surface area contributed by atoms with Crippen LogP contribution in [0.4, 0.5) is 0 Å². The Bertz CT molecular complexity index is 418. The van der Waals surface area contributed by atoms with Gasteiger partial charge in [0.05, 0.1) is 12.2 Å². The SMILES string of the molecule is Cc1nccn1Cc1csc(CN)n1. The maximum atomic E-state index is 5.50. The predicted octanol–water partition coefficient (Wildman–Crippen LogP) is 1.16. The minimum absolute atomic E-state index is 0.521. The number of hydrogen-bond donors (Lipinski definition) is 1. The smallest absolute Gasteiger partial charge is 0.107 e. The molecule has 0 amide bonds. The summed E-state index contributed by atoms with van der Waals surface area (Å²) in [5.74, 6) is 1.01. The Kier molecular flexibility index (Phi) is 2.60. The Balaban J connectivity index is 2.15. The summed E-state index contributed by atoms with van der Waals surface area (Å²) >= 11 is 1.61. The molecule has 2 rings (SSSR count). The Labute approximate surface area is 86.4 Å². The van der Waals surface area contributed by atoms with Crippen LogP contribution in [0.5, 0.6) is 0 Å². The molecule has 5 heteroatoms. The fourth-order valence-corrected chi connectivity index (χ4v) is 1.93. The third kappa shape index (κ3) is 1.83.